The van der Waals surface area contributed by atoms with Gasteiger partial charge in [-0.1, -0.05) is 31.9 Å². The molecule has 2 rings (SSSR count). The first kappa shape index (κ1) is 35.7. The van der Waals surface area contributed by atoms with E-state index >= 15 is 0 Å². The van der Waals surface area contributed by atoms with Gasteiger partial charge in [-0.3, -0.25) is 0 Å². The Morgan fingerprint density at radius 1 is 0.824 bits per heavy atom. The van der Waals surface area contributed by atoms with Crippen LogP contribution in [-0.4, -0.2) is 26.4 Å². The van der Waals surface area contributed by atoms with Crippen molar-refractivity contribution in [3.05, 3.63) is 50.9 Å². The third-order valence-corrected chi connectivity index (χ3v) is 5.57. The molecule has 180 valence electrons. The second-order valence-corrected chi connectivity index (χ2v) is 8.97. The molecular formula is C24H28Br2ClKN2O4. The standard InChI is InChI=1S/C12H14BrNO2.C11H14BrClO2.CN.K/c1-8(2)16-12-6-9(4-5-14)10(13)7-11(12)15-3;1-7(2)15-11-4-8(6-13)9(12)5-10(11)14-3;1-2;/h6-8H,4H2,1-3H3;4-5,7H,6H2,1-3H3;;/q;;-1;+1. The van der Waals surface area contributed by atoms with E-state index in [0.29, 0.717) is 29.5 Å². The van der Waals surface area contributed by atoms with Gasteiger partial charge in [-0.25, -0.2) is 0 Å². The van der Waals surface area contributed by atoms with Gasteiger partial charge in [0.2, 0.25) is 0 Å². The Labute approximate surface area is 267 Å². The zero-order valence-electron chi connectivity index (χ0n) is 20.5. The van der Waals surface area contributed by atoms with Gasteiger partial charge in [-0.15, -0.1) is 11.6 Å². The first-order valence-electron chi connectivity index (χ1n) is 9.88. The Hall–Kier alpha value is -0.494. The van der Waals surface area contributed by atoms with Crippen molar-refractivity contribution in [3.63, 3.8) is 0 Å². The van der Waals surface area contributed by atoms with Crippen molar-refractivity contribution in [3.8, 4) is 29.1 Å². The quantitative estimate of drug-likeness (QED) is 0.241. The predicted octanol–water partition coefficient (Wildman–Crippen LogP) is 4.40. The molecule has 0 N–H and O–H groups in total. The molecule has 0 radical (unpaired) electrons. The van der Waals surface area contributed by atoms with Crippen molar-refractivity contribution in [2.75, 3.05) is 14.2 Å². The molecule has 0 spiro atoms. The van der Waals surface area contributed by atoms with Crippen LogP contribution in [0.15, 0.2) is 33.2 Å². The van der Waals surface area contributed by atoms with E-state index in [1.54, 1.807) is 14.2 Å². The number of nitrogens with zero attached hydrogens (tertiary/aromatic N) is 2. The smallest absolute Gasteiger partial charge is 0.512 e. The summed E-state index contributed by atoms with van der Waals surface area (Å²) in [6.45, 7) is 12.6. The van der Waals surface area contributed by atoms with E-state index in [1.807, 2.05) is 52.0 Å². The molecule has 2 aromatic carbocycles. The molecule has 0 saturated heterocycles. The van der Waals surface area contributed by atoms with Crippen LogP contribution in [-0.2, 0) is 12.3 Å². The predicted molar refractivity (Wildman–Crippen MR) is 137 cm³/mol. The molecule has 0 amide bonds. The van der Waals surface area contributed by atoms with Crippen LogP contribution in [0, 0.1) is 23.2 Å². The van der Waals surface area contributed by atoms with E-state index in [1.165, 1.54) is 0 Å². The number of methoxy groups -OCH3 is 2. The van der Waals surface area contributed by atoms with Gasteiger partial charge in [-0.05, 0) is 63.1 Å². The number of hydrogen-bond acceptors (Lipinski definition) is 6. The summed E-state index contributed by atoms with van der Waals surface area (Å²) in [5, 5.41) is 15.0. The molecule has 2 aromatic rings. The monoisotopic (exact) mass is 640 g/mol. The van der Waals surface area contributed by atoms with Crippen molar-refractivity contribution >= 4 is 43.5 Å². The topological polar surface area (TPSA) is 84.5 Å². The summed E-state index contributed by atoms with van der Waals surface area (Å²) in [6.07, 6.45) is 0.534. The van der Waals surface area contributed by atoms with Crippen molar-refractivity contribution < 1.29 is 70.3 Å². The summed E-state index contributed by atoms with van der Waals surface area (Å²) in [6, 6.07) is 9.55. The number of benzene rings is 2. The van der Waals surface area contributed by atoms with Gasteiger partial charge in [0.25, 0.3) is 0 Å². The van der Waals surface area contributed by atoms with E-state index in [0.717, 1.165) is 25.8 Å². The third kappa shape index (κ3) is 12.5. The molecule has 0 saturated carbocycles. The number of hydrogen-bond donors (Lipinski definition) is 0. The van der Waals surface area contributed by atoms with Crippen LogP contribution >= 0.6 is 43.5 Å². The van der Waals surface area contributed by atoms with Crippen molar-refractivity contribution in [1.29, 1.82) is 10.5 Å². The molecule has 0 aliphatic heterocycles. The minimum Gasteiger partial charge on any atom is -0.512 e. The summed E-state index contributed by atoms with van der Waals surface area (Å²) in [7, 11) is 3.22. The molecule has 10 heteroatoms. The fourth-order valence-electron chi connectivity index (χ4n) is 2.49. The van der Waals surface area contributed by atoms with Gasteiger partial charge in [-0.2, -0.15) is 5.26 Å². The van der Waals surface area contributed by atoms with Crippen molar-refractivity contribution in [2.24, 2.45) is 0 Å². The fraction of sp³-hybridized carbons (Fsp3) is 0.417. The minimum atomic E-state index is 0. The maximum absolute atomic E-state index is 8.70. The number of alkyl halides is 1. The SMILES string of the molecule is COc1cc(Br)c(CC#N)cc1OC(C)C.COc1cc(Br)c(CCl)cc1OC(C)C.[C-]#N.[K+]. The van der Waals surface area contributed by atoms with Crippen molar-refractivity contribution in [1.82, 2.24) is 0 Å². The molecule has 0 aliphatic rings. The van der Waals surface area contributed by atoms with Gasteiger partial charge < -0.3 is 30.8 Å². The maximum atomic E-state index is 8.70. The Bertz CT molecular complexity index is 951. The molecule has 0 unspecified atom stereocenters. The van der Waals surface area contributed by atoms with Gasteiger partial charge in [0.05, 0.1) is 38.9 Å². The molecular weight excluding hydrogens is 615 g/mol. The third-order valence-electron chi connectivity index (χ3n) is 3.80. The van der Waals surface area contributed by atoms with E-state index < -0.39 is 0 Å². The molecule has 0 heterocycles. The van der Waals surface area contributed by atoms with E-state index in [-0.39, 0.29) is 63.6 Å². The van der Waals surface area contributed by atoms with Gasteiger partial charge in [0, 0.05) is 14.8 Å². The minimum absolute atomic E-state index is 0. The maximum Gasteiger partial charge on any atom is 1.00 e. The summed E-state index contributed by atoms with van der Waals surface area (Å²) < 4.78 is 23.5. The average Bonchev–Trinajstić information content (AvgIpc) is 2.78. The number of halogens is 3. The second-order valence-electron chi connectivity index (χ2n) is 6.99. The van der Waals surface area contributed by atoms with Crippen molar-refractivity contribution in [2.45, 2.75) is 52.2 Å². The summed E-state index contributed by atoms with van der Waals surface area (Å²) in [4.78, 5) is 0. The molecule has 0 bridgehead atoms. The fourth-order valence-corrected chi connectivity index (χ4v) is 3.80. The first-order chi connectivity index (χ1) is 15.7. The number of nitriles is 1. The van der Waals surface area contributed by atoms with Crippen LogP contribution < -0.4 is 70.3 Å². The molecule has 0 aliphatic carbocycles. The molecule has 0 aromatic heterocycles. The van der Waals surface area contributed by atoms with E-state index in [2.05, 4.69) is 37.9 Å². The largest absolute Gasteiger partial charge is 1.00 e. The Morgan fingerprint density at radius 2 is 1.21 bits per heavy atom. The Kier molecular flexibility index (Phi) is 20.6. The van der Waals surface area contributed by atoms with Crippen LogP contribution in [0.2, 0.25) is 0 Å². The number of rotatable bonds is 8. The summed E-state index contributed by atoms with van der Waals surface area (Å²) >= 11 is 12.6. The zero-order chi connectivity index (χ0) is 25.6. The van der Waals surface area contributed by atoms with Gasteiger partial charge >= 0.3 is 51.4 Å². The second kappa shape index (κ2) is 19.7. The number of ether oxygens (including phenoxy) is 4. The van der Waals surface area contributed by atoms with Crippen LogP contribution in [0.5, 0.6) is 23.0 Å². The Balaban J connectivity index is 0. The van der Waals surface area contributed by atoms with Gasteiger partial charge in [0.15, 0.2) is 23.0 Å². The Morgan fingerprint density at radius 3 is 1.53 bits per heavy atom. The average molecular weight is 643 g/mol. The first-order valence-corrected chi connectivity index (χ1v) is 12.0. The van der Waals surface area contributed by atoms with Gasteiger partial charge in [0.1, 0.15) is 0 Å². The van der Waals surface area contributed by atoms with Crippen LogP contribution in [0.3, 0.4) is 0 Å². The molecule has 6 nitrogen and oxygen atoms in total. The van der Waals surface area contributed by atoms with E-state index in [4.69, 9.17) is 47.6 Å². The van der Waals surface area contributed by atoms with Crippen LogP contribution in [0.1, 0.15) is 38.8 Å². The van der Waals surface area contributed by atoms with Crippen LogP contribution in [0.4, 0.5) is 0 Å². The zero-order valence-corrected chi connectivity index (χ0v) is 27.6. The summed E-state index contributed by atoms with van der Waals surface area (Å²) in [5.74, 6) is 3.22. The summed E-state index contributed by atoms with van der Waals surface area (Å²) in [5.41, 5.74) is 1.90. The molecule has 0 atom stereocenters. The van der Waals surface area contributed by atoms with Crippen LogP contribution in [0.25, 0.3) is 0 Å². The molecule has 0 fully saturated rings. The molecule has 34 heavy (non-hydrogen) atoms. The normalized spacial score (nSPS) is 9.41. The van der Waals surface area contributed by atoms with E-state index in [9.17, 15) is 0 Å².